The number of likely N-dealkylation sites (tertiary alicyclic amines) is 1. The van der Waals surface area contributed by atoms with E-state index in [-0.39, 0.29) is 6.04 Å². The summed E-state index contributed by atoms with van der Waals surface area (Å²) in [6, 6.07) is 7.27. The van der Waals surface area contributed by atoms with Crippen LogP contribution in [-0.2, 0) is 6.42 Å². The summed E-state index contributed by atoms with van der Waals surface area (Å²) in [5, 5.41) is 3.92. The predicted molar refractivity (Wildman–Crippen MR) is 160 cm³/mol. The van der Waals surface area contributed by atoms with Gasteiger partial charge in [-0.1, -0.05) is 52.0 Å². The SMILES string of the molecule is C=C(C1CC1C)N1CCN(C2=CC=C(C3C=C(N4CCC(CC)C4)c4ccc(CC)cc4N3)CN2C)CC1. The number of likely N-dealkylation sites (N-methyl/N-ethyl adjacent to an activating group) is 1. The number of nitrogens with zero attached hydrogens (tertiary/aromatic N) is 4. The third-order valence-electron chi connectivity index (χ3n) is 9.81. The number of rotatable bonds is 7. The molecule has 1 aliphatic carbocycles. The van der Waals surface area contributed by atoms with Gasteiger partial charge >= 0.3 is 0 Å². The van der Waals surface area contributed by atoms with Crippen molar-refractivity contribution in [3.05, 3.63) is 71.2 Å². The van der Waals surface area contributed by atoms with Gasteiger partial charge in [0.25, 0.3) is 0 Å². The van der Waals surface area contributed by atoms with Crippen LogP contribution in [0.1, 0.15) is 51.2 Å². The summed E-state index contributed by atoms with van der Waals surface area (Å²) in [5.41, 5.74) is 8.33. The van der Waals surface area contributed by atoms with E-state index in [1.807, 2.05) is 0 Å². The highest BCUT2D eigenvalue weighted by Crippen LogP contribution is 2.44. The molecular weight excluding hydrogens is 466 g/mol. The van der Waals surface area contributed by atoms with Crippen molar-refractivity contribution in [3.63, 3.8) is 0 Å². The number of aryl methyl sites for hydroxylation is 1. The van der Waals surface area contributed by atoms with Crippen molar-refractivity contribution in [1.82, 2.24) is 19.6 Å². The predicted octanol–water partition coefficient (Wildman–Crippen LogP) is 5.62. The zero-order chi connectivity index (χ0) is 26.4. The van der Waals surface area contributed by atoms with Crippen LogP contribution >= 0.6 is 0 Å². The molecule has 4 unspecified atom stereocenters. The molecule has 0 amide bonds. The van der Waals surface area contributed by atoms with Crippen molar-refractivity contribution < 1.29 is 0 Å². The van der Waals surface area contributed by atoms with E-state index in [2.05, 4.69) is 95.7 Å². The molecule has 38 heavy (non-hydrogen) atoms. The minimum atomic E-state index is 0.228. The lowest BCUT2D eigenvalue weighted by atomic mass is 9.93. The van der Waals surface area contributed by atoms with Crippen LogP contribution in [0.2, 0.25) is 0 Å². The molecule has 1 aromatic carbocycles. The van der Waals surface area contributed by atoms with Gasteiger partial charge in [-0.3, -0.25) is 0 Å². The molecule has 4 aliphatic heterocycles. The molecule has 5 aliphatic rings. The molecule has 4 atom stereocenters. The fourth-order valence-electron chi connectivity index (χ4n) is 6.98. The number of fused-ring (bicyclic) bond motifs is 1. The zero-order valence-electron chi connectivity index (χ0n) is 24.0. The third-order valence-corrected chi connectivity index (χ3v) is 9.81. The quantitative estimate of drug-likeness (QED) is 0.511. The molecule has 5 nitrogen and oxygen atoms in total. The van der Waals surface area contributed by atoms with Crippen molar-refractivity contribution in [2.24, 2.45) is 17.8 Å². The lowest BCUT2D eigenvalue weighted by Crippen LogP contribution is -2.49. The molecule has 204 valence electrons. The Kier molecular flexibility index (Phi) is 6.96. The molecule has 1 N–H and O–H groups in total. The van der Waals surface area contributed by atoms with Crippen LogP contribution in [0.15, 0.2) is 60.1 Å². The monoisotopic (exact) mass is 513 g/mol. The number of benzene rings is 1. The van der Waals surface area contributed by atoms with E-state index < -0.39 is 0 Å². The highest BCUT2D eigenvalue weighted by atomic mass is 15.4. The topological polar surface area (TPSA) is 25.0 Å². The smallest absolute Gasteiger partial charge is 0.104 e. The Morgan fingerprint density at radius 3 is 2.50 bits per heavy atom. The van der Waals surface area contributed by atoms with Gasteiger partial charge < -0.3 is 24.9 Å². The maximum absolute atomic E-state index is 4.43. The summed E-state index contributed by atoms with van der Waals surface area (Å²) in [6.45, 7) is 19.0. The van der Waals surface area contributed by atoms with Gasteiger partial charge in [0.05, 0.1) is 6.04 Å². The highest BCUT2D eigenvalue weighted by molar-refractivity contribution is 5.81. The van der Waals surface area contributed by atoms with Crippen LogP contribution < -0.4 is 5.32 Å². The van der Waals surface area contributed by atoms with Crippen molar-refractivity contribution in [2.75, 3.05) is 58.2 Å². The van der Waals surface area contributed by atoms with Crippen molar-refractivity contribution in [3.8, 4) is 0 Å². The Hall–Kier alpha value is -2.82. The Morgan fingerprint density at radius 1 is 1.05 bits per heavy atom. The van der Waals surface area contributed by atoms with E-state index in [4.69, 9.17) is 0 Å². The molecule has 3 fully saturated rings. The van der Waals surface area contributed by atoms with Crippen molar-refractivity contribution >= 4 is 11.4 Å². The third kappa shape index (κ3) is 4.85. The Labute approximate surface area is 230 Å². The maximum Gasteiger partial charge on any atom is 0.104 e. The van der Waals surface area contributed by atoms with Crippen LogP contribution in [0.4, 0.5) is 5.69 Å². The molecule has 0 radical (unpaired) electrons. The van der Waals surface area contributed by atoms with Gasteiger partial charge in [0.2, 0.25) is 0 Å². The summed E-state index contributed by atoms with van der Waals surface area (Å²) in [5.74, 6) is 3.74. The summed E-state index contributed by atoms with van der Waals surface area (Å²) in [4.78, 5) is 10.2. The fourth-order valence-corrected chi connectivity index (χ4v) is 6.98. The lowest BCUT2D eigenvalue weighted by molar-refractivity contribution is 0.149. The minimum Gasteiger partial charge on any atom is -0.374 e. The van der Waals surface area contributed by atoms with E-state index >= 15 is 0 Å². The first kappa shape index (κ1) is 25.5. The normalized spacial score (nSPS) is 28.9. The highest BCUT2D eigenvalue weighted by Gasteiger charge is 2.38. The number of hydrogen-bond donors (Lipinski definition) is 1. The van der Waals surface area contributed by atoms with E-state index in [1.165, 1.54) is 72.0 Å². The second-order valence-electron chi connectivity index (χ2n) is 12.3. The molecular formula is C33H47N5. The first-order valence-corrected chi connectivity index (χ1v) is 15.1. The van der Waals surface area contributed by atoms with E-state index in [9.17, 15) is 0 Å². The van der Waals surface area contributed by atoms with Crippen LogP contribution in [0.5, 0.6) is 0 Å². The minimum absolute atomic E-state index is 0.228. The van der Waals surface area contributed by atoms with Crippen molar-refractivity contribution in [1.29, 1.82) is 0 Å². The summed E-state index contributed by atoms with van der Waals surface area (Å²) in [7, 11) is 2.26. The van der Waals surface area contributed by atoms with Crippen LogP contribution in [0.25, 0.3) is 5.70 Å². The van der Waals surface area contributed by atoms with E-state index in [1.54, 1.807) is 0 Å². The molecule has 0 bridgehead atoms. The summed E-state index contributed by atoms with van der Waals surface area (Å²) >= 11 is 0. The lowest BCUT2D eigenvalue weighted by Gasteiger charge is -2.43. The Bertz CT molecular complexity index is 1150. The van der Waals surface area contributed by atoms with E-state index in [0.717, 1.165) is 56.9 Å². The number of nitrogens with one attached hydrogen (secondary N) is 1. The van der Waals surface area contributed by atoms with Gasteiger partial charge in [-0.15, -0.1) is 0 Å². The second-order valence-corrected chi connectivity index (χ2v) is 12.3. The zero-order valence-corrected chi connectivity index (χ0v) is 24.0. The first-order chi connectivity index (χ1) is 18.4. The summed E-state index contributed by atoms with van der Waals surface area (Å²) in [6.07, 6.45) is 12.2. The number of allylic oxidation sites excluding steroid dienone is 3. The summed E-state index contributed by atoms with van der Waals surface area (Å²) < 4.78 is 0. The largest absolute Gasteiger partial charge is 0.374 e. The van der Waals surface area contributed by atoms with Crippen LogP contribution in [0, 0.1) is 17.8 Å². The molecule has 1 aromatic rings. The van der Waals surface area contributed by atoms with Gasteiger partial charge in [-0.05, 0) is 60.5 Å². The first-order valence-electron chi connectivity index (χ1n) is 15.1. The molecule has 6 rings (SSSR count). The Balaban J connectivity index is 1.20. The molecule has 0 spiro atoms. The molecule has 0 aromatic heterocycles. The fraction of sp³-hybridized carbons (Fsp3) is 0.576. The molecule has 1 saturated carbocycles. The molecule has 2 saturated heterocycles. The maximum atomic E-state index is 4.43. The average Bonchev–Trinajstić information content (AvgIpc) is 3.48. The van der Waals surface area contributed by atoms with Gasteiger partial charge in [0.1, 0.15) is 5.82 Å². The van der Waals surface area contributed by atoms with Crippen molar-refractivity contribution in [2.45, 2.75) is 52.5 Å². The standard InChI is InChI=1S/C33H47N5/c1-6-25-8-10-28-31(19-25)34-30(20-32(28)38-13-12-26(7-2)21-38)27-9-11-33(35(5)22-27)37-16-14-36(15-17-37)24(4)29-18-23(29)3/h8-11,19-20,23,26,29-30,34H,4,6-7,12-18,21-22H2,1-3,5H3. The van der Waals surface area contributed by atoms with Gasteiger partial charge in [-0.2, -0.15) is 0 Å². The van der Waals surface area contributed by atoms with E-state index in [0.29, 0.717) is 0 Å². The number of anilines is 1. The number of piperazine rings is 1. The van der Waals surface area contributed by atoms with Gasteiger partial charge in [-0.25, -0.2) is 0 Å². The molecule has 4 heterocycles. The van der Waals surface area contributed by atoms with Gasteiger partial charge in [0.15, 0.2) is 0 Å². The average molecular weight is 514 g/mol. The van der Waals surface area contributed by atoms with Crippen LogP contribution in [-0.4, -0.2) is 78.5 Å². The van der Waals surface area contributed by atoms with Gasteiger partial charge in [0, 0.05) is 81.4 Å². The Morgan fingerprint density at radius 2 is 1.84 bits per heavy atom. The van der Waals surface area contributed by atoms with Crippen LogP contribution in [0.3, 0.4) is 0 Å². The second kappa shape index (κ2) is 10.4. The molecule has 5 heteroatoms. The number of hydrogen-bond acceptors (Lipinski definition) is 5.